The maximum atomic E-state index is 12.3. The zero-order valence-electron chi connectivity index (χ0n) is 12.0. The molecule has 6 heteroatoms. The van der Waals surface area contributed by atoms with E-state index in [2.05, 4.69) is 27.9 Å². The van der Waals surface area contributed by atoms with Crippen LogP contribution in [0.15, 0.2) is 18.2 Å². The number of hydrogen-bond donors (Lipinski definition) is 2. The molecule has 1 aromatic carbocycles. The Balaban J connectivity index is 0.00000361. The summed E-state index contributed by atoms with van der Waals surface area (Å²) in [6.07, 6.45) is 1.64. The first-order chi connectivity index (χ1) is 9.01. The van der Waals surface area contributed by atoms with Gasteiger partial charge >= 0.3 is 0 Å². The summed E-state index contributed by atoms with van der Waals surface area (Å²) in [5.41, 5.74) is 6.14. The molecule has 0 atom stereocenters. The molecule has 0 spiro atoms. The minimum absolute atomic E-state index is 0. The van der Waals surface area contributed by atoms with Gasteiger partial charge in [0, 0.05) is 10.1 Å². The van der Waals surface area contributed by atoms with Crippen LogP contribution in [0, 0.1) is 3.57 Å². The highest BCUT2D eigenvalue weighted by Gasteiger charge is 2.27. The van der Waals surface area contributed by atoms with Gasteiger partial charge in [0.15, 0.2) is 0 Å². The fourth-order valence-electron chi connectivity index (χ4n) is 1.88. The second kappa shape index (κ2) is 8.69. The SMILES string of the molecule is CCC(CC)(CN)NC(=O)c1ccc(OC)cc1I.Cl. The number of carbonyl (C=O) groups excluding carboxylic acids is 1. The Bertz CT molecular complexity index is 443. The summed E-state index contributed by atoms with van der Waals surface area (Å²) < 4.78 is 6.01. The molecule has 0 radical (unpaired) electrons. The first-order valence-electron chi connectivity index (χ1n) is 6.38. The van der Waals surface area contributed by atoms with Crippen LogP contribution in [0.25, 0.3) is 0 Å². The molecule has 0 saturated carbocycles. The average molecular weight is 413 g/mol. The average Bonchev–Trinajstić information content (AvgIpc) is 2.44. The molecule has 0 heterocycles. The van der Waals surface area contributed by atoms with E-state index in [0.717, 1.165) is 22.2 Å². The Kier molecular flexibility index (Phi) is 8.46. The number of nitrogens with two attached hydrogens (primary N) is 1. The monoisotopic (exact) mass is 412 g/mol. The van der Waals surface area contributed by atoms with E-state index >= 15 is 0 Å². The molecule has 3 N–H and O–H groups in total. The number of halogens is 2. The van der Waals surface area contributed by atoms with E-state index in [9.17, 15) is 4.79 Å². The third-order valence-corrected chi connectivity index (χ3v) is 4.44. The van der Waals surface area contributed by atoms with Gasteiger partial charge in [-0.25, -0.2) is 0 Å². The van der Waals surface area contributed by atoms with Crippen LogP contribution in [0.5, 0.6) is 5.75 Å². The third kappa shape index (κ3) is 4.49. The molecule has 0 fully saturated rings. The molecule has 0 aliphatic carbocycles. The van der Waals surface area contributed by atoms with Crippen LogP contribution < -0.4 is 15.8 Å². The largest absolute Gasteiger partial charge is 0.497 e. The van der Waals surface area contributed by atoms with Crippen LogP contribution in [-0.2, 0) is 0 Å². The van der Waals surface area contributed by atoms with E-state index in [-0.39, 0.29) is 23.9 Å². The Morgan fingerprint density at radius 3 is 2.40 bits per heavy atom. The van der Waals surface area contributed by atoms with Gasteiger partial charge in [0.05, 0.1) is 18.2 Å². The zero-order valence-corrected chi connectivity index (χ0v) is 15.0. The van der Waals surface area contributed by atoms with Crippen molar-refractivity contribution in [1.29, 1.82) is 0 Å². The number of methoxy groups -OCH3 is 1. The fraction of sp³-hybridized carbons (Fsp3) is 0.500. The van der Waals surface area contributed by atoms with Crippen molar-refractivity contribution < 1.29 is 9.53 Å². The highest BCUT2D eigenvalue weighted by atomic mass is 127. The summed E-state index contributed by atoms with van der Waals surface area (Å²) in [5.74, 6) is 0.665. The lowest BCUT2D eigenvalue weighted by Gasteiger charge is -2.31. The molecule has 0 unspecified atom stereocenters. The predicted octanol–water partition coefficient (Wildman–Crippen LogP) is 2.97. The smallest absolute Gasteiger partial charge is 0.252 e. The second-order valence-electron chi connectivity index (χ2n) is 4.49. The maximum Gasteiger partial charge on any atom is 0.252 e. The number of carbonyl (C=O) groups is 1. The standard InChI is InChI=1S/C14H21IN2O2.ClH/c1-4-14(5-2,9-16)17-13(18)11-7-6-10(19-3)8-12(11)15;/h6-8H,4-5,9,16H2,1-3H3,(H,17,18);1H. The Morgan fingerprint density at radius 2 is 2.00 bits per heavy atom. The Hall–Kier alpha value is -0.530. The predicted molar refractivity (Wildman–Crippen MR) is 92.8 cm³/mol. The maximum absolute atomic E-state index is 12.3. The van der Waals surface area contributed by atoms with Crippen molar-refractivity contribution in [3.8, 4) is 5.75 Å². The van der Waals surface area contributed by atoms with Crippen LogP contribution in [0.3, 0.4) is 0 Å². The molecule has 0 bridgehead atoms. The van der Waals surface area contributed by atoms with E-state index in [0.29, 0.717) is 12.1 Å². The van der Waals surface area contributed by atoms with Crippen molar-refractivity contribution in [1.82, 2.24) is 5.32 Å². The first kappa shape index (κ1) is 19.5. The van der Waals surface area contributed by atoms with Crippen molar-refractivity contribution in [3.05, 3.63) is 27.3 Å². The molecule has 20 heavy (non-hydrogen) atoms. The topological polar surface area (TPSA) is 64.3 Å². The number of hydrogen-bond acceptors (Lipinski definition) is 3. The summed E-state index contributed by atoms with van der Waals surface area (Å²) in [7, 11) is 1.61. The molecule has 114 valence electrons. The van der Waals surface area contributed by atoms with Gasteiger partial charge in [0.25, 0.3) is 5.91 Å². The lowest BCUT2D eigenvalue weighted by Crippen LogP contribution is -2.53. The number of ether oxygens (including phenoxy) is 1. The molecular weight excluding hydrogens is 391 g/mol. The summed E-state index contributed by atoms with van der Waals surface area (Å²) in [4.78, 5) is 12.3. The normalized spacial score (nSPS) is 10.7. The molecule has 1 aromatic rings. The van der Waals surface area contributed by atoms with Crippen molar-refractivity contribution in [2.24, 2.45) is 5.73 Å². The Labute approximate surface area is 140 Å². The molecular formula is C14H22ClIN2O2. The third-order valence-electron chi connectivity index (χ3n) is 3.54. The zero-order chi connectivity index (χ0) is 14.5. The van der Waals surface area contributed by atoms with E-state index in [4.69, 9.17) is 10.5 Å². The van der Waals surface area contributed by atoms with Gasteiger partial charge in [0.2, 0.25) is 0 Å². The second-order valence-corrected chi connectivity index (χ2v) is 5.65. The van der Waals surface area contributed by atoms with Crippen molar-refractivity contribution in [3.63, 3.8) is 0 Å². The lowest BCUT2D eigenvalue weighted by atomic mass is 9.92. The van der Waals surface area contributed by atoms with Gasteiger partial charge in [-0.3, -0.25) is 4.79 Å². The fourth-order valence-corrected chi connectivity index (χ4v) is 2.61. The minimum atomic E-state index is -0.319. The highest BCUT2D eigenvalue weighted by Crippen LogP contribution is 2.21. The minimum Gasteiger partial charge on any atom is -0.497 e. The summed E-state index contributed by atoms with van der Waals surface area (Å²) in [6, 6.07) is 5.42. The molecule has 0 saturated heterocycles. The van der Waals surface area contributed by atoms with E-state index < -0.39 is 0 Å². The van der Waals surface area contributed by atoms with Gasteiger partial charge in [0.1, 0.15) is 5.75 Å². The molecule has 0 aliphatic rings. The molecule has 1 amide bonds. The summed E-state index contributed by atoms with van der Waals surface area (Å²) >= 11 is 2.14. The quantitative estimate of drug-likeness (QED) is 0.706. The highest BCUT2D eigenvalue weighted by molar-refractivity contribution is 14.1. The van der Waals surface area contributed by atoms with Crippen molar-refractivity contribution in [2.45, 2.75) is 32.2 Å². The molecule has 4 nitrogen and oxygen atoms in total. The van der Waals surface area contributed by atoms with Crippen molar-refractivity contribution >= 4 is 40.9 Å². The van der Waals surface area contributed by atoms with Crippen LogP contribution in [0.2, 0.25) is 0 Å². The van der Waals surface area contributed by atoms with Gasteiger partial charge in [-0.05, 0) is 53.6 Å². The molecule has 1 rings (SSSR count). The van der Waals surface area contributed by atoms with Gasteiger partial charge in [-0.15, -0.1) is 12.4 Å². The molecule has 0 aromatic heterocycles. The van der Waals surface area contributed by atoms with Crippen LogP contribution in [0.1, 0.15) is 37.0 Å². The Morgan fingerprint density at radius 1 is 1.40 bits per heavy atom. The lowest BCUT2D eigenvalue weighted by molar-refractivity contribution is 0.0894. The van der Waals surface area contributed by atoms with Gasteiger partial charge in [-0.1, -0.05) is 13.8 Å². The van der Waals surface area contributed by atoms with Crippen LogP contribution in [-0.4, -0.2) is 25.1 Å². The van der Waals surface area contributed by atoms with Gasteiger partial charge < -0.3 is 15.8 Å². The number of rotatable bonds is 6. The number of amides is 1. The summed E-state index contributed by atoms with van der Waals surface area (Å²) in [6.45, 7) is 4.52. The van der Waals surface area contributed by atoms with Crippen LogP contribution >= 0.6 is 35.0 Å². The molecule has 0 aliphatic heterocycles. The van der Waals surface area contributed by atoms with Crippen LogP contribution in [0.4, 0.5) is 0 Å². The van der Waals surface area contributed by atoms with E-state index in [1.54, 1.807) is 19.2 Å². The van der Waals surface area contributed by atoms with Gasteiger partial charge in [-0.2, -0.15) is 0 Å². The first-order valence-corrected chi connectivity index (χ1v) is 7.46. The van der Waals surface area contributed by atoms with E-state index in [1.807, 2.05) is 19.9 Å². The number of benzene rings is 1. The van der Waals surface area contributed by atoms with E-state index in [1.165, 1.54) is 0 Å². The summed E-state index contributed by atoms with van der Waals surface area (Å²) in [5, 5.41) is 3.06. The van der Waals surface area contributed by atoms with Crippen molar-refractivity contribution in [2.75, 3.05) is 13.7 Å². The number of nitrogens with one attached hydrogen (secondary N) is 1.